The van der Waals surface area contributed by atoms with Crippen molar-refractivity contribution in [3.63, 3.8) is 0 Å². The summed E-state index contributed by atoms with van der Waals surface area (Å²) in [6.45, 7) is 6.94. The van der Waals surface area contributed by atoms with Gasteiger partial charge in [-0.1, -0.05) is 0 Å². The van der Waals surface area contributed by atoms with E-state index in [1.807, 2.05) is 32.5 Å². The van der Waals surface area contributed by atoms with Crippen LogP contribution in [-0.4, -0.2) is 30.5 Å². The van der Waals surface area contributed by atoms with Crippen LogP contribution in [0.4, 0.5) is 0 Å². The van der Waals surface area contributed by atoms with Crippen LogP contribution in [0.5, 0.6) is 0 Å². The fraction of sp³-hybridized carbons (Fsp3) is 0.625. The molecule has 0 spiro atoms. The smallest absolute Gasteiger partial charge is 0.220 e. The van der Waals surface area contributed by atoms with Crippen molar-refractivity contribution in [3.05, 3.63) is 28.6 Å². The highest BCUT2D eigenvalue weighted by molar-refractivity contribution is 5.76. The van der Waals surface area contributed by atoms with Gasteiger partial charge in [-0.05, 0) is 39.2 Å². The molecule has 0 radical (unpaired) electrons. The van der Waals surface area contributed by atoms with Gasteiger partial charge in [-0.15, -0.1) is 10.2 Å². The summed E-state index contributed by atoms with van der Waals surface area (Å²) in [4.78, 5) is 12.3. The zero-order valence-corrected chi connectivity index (χ0v) is 14.3. The molecule has 1 aliphatic rings. The van der Waals surface area contributed by atoms with Gasteiger partial charge in [0.05, 0.1) is 11.7 Å². The van der Waals surface area contributed by atoms with Crippen LogP contribution < -0.4 is 5.32 Å². The normalized spacial score (nSPS) is 14.8. The van der Waals surface area contributed by atoms with Crippen molar-refractivity contribution >= 4 is 5.91 Å². The summed E-state index contributed by atoms with van der Waals surface area (Å²) in [6, 6.07) is -0.113. The Bertz CT molecular complexity index is 729. The molecule has 0 saturated carbocycles. The standard InChI is InChI=1S/C16H24N6O/c1-10-13(12(3)21(4)20-10)7-8-15(23)17-11(2)16-19-18-14-6-5-9-22(14)16/h11H,5-9H2,1-4H3,(H,17,23)/t11-/m0/s1. The Morgan fingerprint density at radius 3 is 2.83 bits per heavy atom. The van der Waals surface area contributed by atoms with E-state index in [-0.39, 0.29) is 11.9 Å². The minimum absolute atomic E-state index is 0.0375. The second kappa shape index (κ2) is 6.14. The number of amides is 1. The number of nitrogens with one attached hydrogen (secondary N) is 1. The quantitative estimate of drug-likeness (QED) is 0.904. The number of hydrogen-bond acceptors (Lipinski definition) is 4. The van der Waals surface area contributed by atoms with E-state index >= 15 is 0 Å². The number of nitrogens with zero attached hydrogens (tertiary/aromatic N) is 5. The molecule has 7 heteroatoms. The maximum atomic E-state index is 12.3. The first-order chi connectivity index (χ1) is 11.0. The molecular weight excluding hydrogens is 292 g/mol. The van der Waals surface area contributed by atoms with Crippen LogP contribution in [0.2, 0.25) is 0 Å². The van der Waals surface area contributed by atoms with Gasteiger partial charge in [0.1, 0.15) is 5.82 Å². The fourth-order valence-corrected chi connectivity index (χ4v) is 3.29. The molecule has 1 atom stereocenters. The average molecular weight is 316 g/mol. The van der Waals surface area contributed by atoms with Crippen molar-refractivity contribution in [1.82, 2.24) is 29.9 Å². The Kier molecular flexibility index (Phi) is 4.19. The van der Waals surface area contributed by atoms with Gasteiger partial charge in [0, 0.05) is 32.1 Å². The molecule has 0 bridgehead atoms. The molecule has 3 rings (SSSR count). The van der Waals surface area contributed by atoms with Gasteiger partial charge in [-0.2, -0.15) is 5.10 Å². The second-order valence-electron chi connectivity index (χ2n) is 6.29. The maximum Gasteiger partial charge on any atom is 0.220 e. The molecule has 23 heavy (non-hydrogen) atoms. The molecule has 2 aromatic heterocycles. The van der Waals surface area contributed by atoms with Crippen LogP contribution in [-0.2, 0) is 31.2 Å². The van der Waals surface area contributed by atoms with Crippen LogP contribution in [0, 0.1) is 13.8 Å². The third kappa shape index (κ3) is 3.00. The van der Waals surface area contributed by atoms with Gasteiger partial charge >= 0.3 is 0 Å². The van der Waals surface area contributed by atoms with Gasteiger partial charge in [-0.25, -0.2) is 0 Å². The zero-order chi connectivity index (χ0) is 16.6. The monoisotopic (exact) mass is 316 g/mol. The summed E-state index contributed by atoms with van der Waals surface area (Å²) in [6.07, 6.45) is 3.26. The highest BCUT2D eigenvalue weighted by Gasteiger charge is 2.22. The Morgan fingerprint density at radius 1 is 1.35 bits per heavy atom. The number of hydrogen-bond donors (Lipinski definition) is 1. The molecule has 0 aliphatic carbocycles. The predicted octanol–water partition coefficient (Wildman–Crippen LogP) is 1.38. The number of aromatic nitrogens is 5. The third-order valence-corrected chi connectivity index (χ3v) is 4.66. The lowest BCUT2D eigenvalue weighted by atomic mass is 10.1. The van der Waals surface area contributed by atoms with Gasteiger partial charge < -0.3 is 9.88 Å². The van der Waals surface area contributed by atoms with Crippen molar-refractivity contribution in [2.45, 2.75) is 59.0 Å². The Labute approximate surface area is 136 Å². The van der Waals surface area contributed by atoms with E-state index < -0.39 is 0 Å². The van der Waals surface area contributed by atoms with Gasteiger partial charge in [0.15, 0.2) is 5.82 Å². The van der Waals surface area contributed by atoms with E-state index in [9.17, 15) is 4.79 Å². The molecule has 0 unspecified atom stereocenters. The van der Waals surface area contributed by atoms with Crippen LogP contribution >= 0.6 is 0 Å². The molecule has 7 nitrogen and oxygen atoms in total. The number of carbonyl (C=O) groups excluding carboxylic acids is 1. The van der Waals surface area contributed by atoms with E-state index in [1.54, 1.807) is 0 Å². The Hall–Kier alpha value is -2.18. The topological polar surface area (TPSA) is 77.6 Å². The largest absolute Gasteiger partial charge is 0.346 e. The molecule has 0 aromatic carbocycles. The van der Waals surface area contributed by atoms with Crippen molar-refractivity contribution in [2.24, 2.45) is 7.05 Å². The lowest BCUT2D eigenvalue weighted by molar-refractivity contribution is -0.121. The predicted molar refractivity (Wildman–Crippen MR) is 85.9 cm³/mol. The molecule has 0 fully saturated rings. The molecular formula is C16H24N6O. The van der Waals surface area contributed by atoms with Crippen LogP contribution in [0.25, 0.3) is 0 Å². The van der Waals surface area contributed by atoms with Crippen molar-refractivity contribution in [2.75, 3.05) is 0 Å². The van der Waals surface area contributed by atoms with Gasteiger partial charge in [-0.3, -0.25) is 9.48 Å². The molecule has 2 aromatic rings. The first-order valence-electron chi connectivity index (χ1n) is 8.17. The highest BCUT2D eigenvalue weighted by atomic mass is 16.1. The van der Waals surface area contributed by atoms with Crippen LogP contribution in [0.1, 0.15) is 54.4 Å². The molecule has 1 aliphatic heterocycles. The second-order valence-corrected chi connectivity index (χ2v) is 6.29. The summed E-state index contributed by atoms with van der Waals surface area (Å²) < 4.78 is 3.99. The number of fused-ring (bicyclic) bond motifs is 1. The molecule has 0 saturated heterocycles. The number of carbonyl (C=O) groups is 1. The van der Waals surface area contributed by atoms with Crippen molar-refractivity contribution < 1.29 is 4.79 Å². The number of aryl methyl sites for hydroxylation is 3. The van der Waals surface area contributed by atoms with E-state index in [2.05, 4.69) is 25.2 Å². The minimum atomic E-state index is -0.113. The Morgan fingerprint density at radius 2 is 2.13 bits per heavy atom. The first-order valence-corrected chi connectivity index (χ1v) is 8.17. The number of rotatable bonds is 5. The molecule has 1 N–H and O–H groups in total. The maximum absolute atomic E-state index is 12.3. The van der Waals surface area contributed by atoms with Crippen molar-refractivity contribution in [3.8, 4) is 0 Å². The van der Waals surface area contributed by atoms with E-state index in [0.717, 1.165) is 42.4 Å². The van der Waals surface area contributed by atoms with E-state index in [1.165, 1.54) is 5.56 Å². The van der Waals surface area contributed by atoms with E-state index in [4.69, 9.17) is 0 Å². The van der Waals surface area contributed by atoms with Gasteiger partial charge in [0.25, 0.3) is 0 Å². The van der Waals surface area contributed by atoms with Gasteiger partial charge in [0.2, 0.25) is 5.91 Å². The summed E-state index contributed by atoms with van der Waals surface area (Å²) in [5, 5.41) is 15.9. The summed E-state index contributed by atoms with van der Waals surface area (Å²) in [5.41, 5.74) is 3.29. The molecule has 3 heterocycles. The average Bonchev–Trinajstić information content (AvgIpc) is 3.14. The van der Waals surface area contributed by atoms with E-state index in [0.29, 0.717) is 12.8 Å². The highest BCUT2D eigenvalue weighted by Crippen LogP contribution is 2.19. The van der Waals surface area contributed by atoms with Crippen LogP contribution in [0.15, 0.2) is 0 Å². The third-order valence-electron chi connectivity index (χ3n) is 4.66. The summed E-state index contributed by atoms with van der Waals surface area (Å²) in [5.74, 6) is 1.93. The minimum Gasteiger partial charge on any atom is -0.346 e. The lowest BCUT2D eigenvalue weighted by Crippen LogP contribution is -2.28. The molecule has 124 valence electrons. The fourth-order valence-electron chi connectivity index (χ4n) is 3.29. The SMILES string of the molecule is Cc1nn(C)c(C)c1CCC(=O)N[C@@H](C)c1nnc2n1CCC2. The first kappa shape index (κ1) is 15.7. The van der Waals surface area contributed by atoms with Crippen molar-refractivity contribution in [1.29, 1.82) is 0 Å². The summed E-state index contributed by atoms with van der Waals surface area (Å²) in [7, 11) is 1.93. The van der Waals surface area contributed by atoms with Crippen LogP contribution in [0.3, 0.4) is 0 Å². The Balaban J connectivity index is 1.59. The summed E-state index contributed by atoms with van der Waals surface area (Å²) >= 11 is 0. The lowest BCUT2D eigenvalue weighted by Gasteiger charge is -2.14. The molecule has 1 amide bonds. The zero-order valence-electron chi connectivity index (χ0n) is 14.3.